The van der Waals surface area contributed by atoms with Gasteiger partial charge in [0.2, 0.25) is 0 Å². The fraction of sp³-hybridized carbons (Fsp3) is 0.217. The number of nitrogens with zero attached hydrogens (tertiary/aromatic N) is 4. The Morgan fingerprint density at radius 3 is 1.62 bits per heavy atom. The number of phenolic OH excluding ortho intramolecular Hbond substituents is 2. The van der Waals surface area contributed by atoms with Gasteiger partial charge in [0.05, 0.1) is 41.6 Å². The molecule has 3 aromatic rings. The number of sulfone groups is 2. The van der Waals surface area contributed by atoms with Crippen LogP contribution >= 0.6 is 24.6 Å². The monoisotopic (exact) mass is 804 g/mol. The third kappa shape index (κ3) is 11.8. The molecule has 5 N–H and O–H groups in total. The van der Waals surface area contributed by atoms with E-state index in [0.29, 0.717) is 6.07 Å². The molecule has 0 fully saturated rings. The molecule has 27 heteroatoms. The summed E-state index contributed by atoms with van der Waals surface area (Å²) in [6.07, 6.45) is 0. The Morgan fingerprint density at radius 2 is 1.12 bits per heavy atom. The first-order valence-corrected chi connectivity index (χ1v) is 18.9. The summed E-state index contributed by atoms with van der Waals surface area (Å²) in [6.45, 7) is -0.842. The third-order valence-electron chi connectivity index (χ3n) is 5.76. The summed E-state index contributed by atoms with van der Waals surface area (Å²) in [5.41, 5.74) is -1.41. The quantitative estimate of drug-likeness (QED) is 0.0257. The molecule has 0 aliphatic heterocycles. The maximum Gasteiger partial charge on any atom is 0.296 e. The molecule has 0 saturated heterocycles. The Balaban J connectivity index is 1.90. The molecule has 0 saturated carbocycles. The number of benzene rings is 3. The van der Waals surface area contributed by atoms with Crippen LogP contribution < -0.4 is 4.74 Å². The molecule has 0 atom stereocenters. The van der Waals surface area contributed by atoms with Crippen LogP contribution in [0.25, 0.3) is 0 Å². The SMILES string of the molecule is COc1ccc(S(=O)(=O)CCOSOOO)cc1N=Nc1cc(N=Nc2ccc(S(=O)(=O)CCOSOOO)cc2S(=O)(=O)O)c(O)cc1O. The zero-order valence-electron chi connectivity index (χ0n) is 24.8. The summed E-state index contributed by atoms with van der Waals surface area (Å²) >= 11 is 0.317. The first kappa shape index (κ1) is 40.9. The van der Waals surface area contributed by atoms with E-state index in [1.54, 1.807) is 0 Å². The summed E-state index contributed by atoms with van der Waals surface area (Å²) in [5, 5.41) is 58.6. The van der Waals surface area contributed by atoms with E-state index in [0.717, 1.165) is 30.3 Å². The van der Waals surface area contributed by atoms with Gasteiger partial charge in [0, 0.05) is 12.1 Å². The predicted octanol–water partition coefficient (Wildman–Crippen LogP) is 4.73. The third-order valence-corrected chi connectivity index (χ3v) is 10.8. The first-order chi connectivity index (χ1) is 23.6. The van der Waals surface area contributed by atoms with Gasteiger partial charge in [0.1, 0.15) is 44.9 Å². The zero-order chi connectivity index (χ0) is 37.0. The molecular weight excluding hydrogens is 781 g/mol. The fourth-order valence-corrected chi connectivity index (χ4v) is 7.09. The zero-order valence-corrected chi connectivity index (χ0v) is 28.9. The van der Waals surface area contributed by atoms with E-state index in [-0.39, 0.29) is 53.3 Å². The molecule has 0 amide bonds. The molecule has 22 nitrogen and oxygen atoms in total. The van der Waals surface area contributed by atoms with Gasteiger partial charge in [-0.15, -0.1) is 29.1 Å². The van der Waals surface area contributed by atoms with Crippen LogP contribution in [0, 0.1) is 0 Å². The highest BCUT2D eigenvalue weighted by Gasteiger charge is 2.23. The van der Waals surface area contributed by atoms with Gasteiger partial charge in [-0.2, -0.15) is 8.42 Å². The second kappa shape index (κ2) is 18.6. The van der Waals surface area contributed by atoms with Gasteiger partial charge in [-0.3, -0.25) is 12.9 Å². The van der Waals surface area contributed by atoms with Crippen LogP contribution in [0.4, 0.5) is 22.7 Å². The minimum absolute atomic E-state index is 0.0751. The Hall–Kier alpha value is -3.55. The van der Waals surface area contributed by atoms with E-state index in [1.165, 1.54) is 19.2 Å². The molecule has 0 spiro atoms. The van der Waals surface area contributed by atoms with Gasteiger partial charge in [0.15, 0.2) is 44.3 Å². The molecule has 0 unspecified atom stereocenters. The molecule has 274 valence electrons. The number of azo groups is 2. The second-order valence-electron chi connectivity index (χ2n) is 8.87. The van der Waals surface area contributed by atoms with Crippen molar-refractivity contribution in [3.8, 4) is 17.2 Å². The number of methoxy groups -OCH3 is 1. The van der Waals surface area contributed by atoms with Crippen LogP contribution in [-0.2, 0) is 56.9 Å². The molecular formula is C23H24N4O18S5. The van der Waals surface area contributed by atoms with Crippen molar-refractivity contribution in [1.29, 1.82) is 0 Å². The molecule has 0 aliphatic carbocycles. The molecule has 0 heterocycles. The molecule has 0 aromatic heterocycles. The fourth-order valence-electron chi connectivity index (χ4n) is 3.50. The van der Waals surface area contributed by atoms with Gasteiger partial charge in [-0.05, 0) is 36.4 Å². The Labute approximate surface area is 291 Å². The van der Waals surface area contributed by atoms with Crippen molar-refractivity contribution in [1.82, 2.24) is 0 Å². The van der Waals surface area contributed by atoms with Crippen LogP contribution in [0.1, 0.15) is 0 Å². The summed E-state index contributed by atoms with van der Waals surface area (Å²) in [7, 11) is -11.9. The van der Waals surface area contributed by atoms with E-state index < -0.39 is 80.6 Å². The molecule has 50 heavy (non-hydrogen) atoms. The average molecular weight is 805 g/mol. The topological polar surface area (TPSA) is 318 Å². The average Bonchev–Trinajstić information content (AvgIpc) is 3.06. The lowest BCUT2D eigenvalue weighted by molar-refractivity contribution is -0.434. The van der Waals surface area contributed by atoms with Gasteiger partial charge in [-0.25, -0.2) is 27.4 Å². The Kier molecular flexibility index (Phi) is 15.2. The Morgan fingerprint density at radius 1 is 0.640 bits per heavy atom. The molecule has 3 aromatic carbocycles. The van der Waals surface area contributed by atoms with Crippen LogP contribution in [0.3, 0.4) is 0 Å². The largest absolute Gasteiger partial charge is 0.505 e. The van der Waals surface area contributed by atoms with E-state index in [4.69, 9.17) is 23.6 Å². The maximum atomic E-state index is 12.7. The first-order valence-electron chi connectivity index (χ1n) is 12.8. The normalized spacial score (nSPS) is 12.6. The van der Waals surface area contributed by atoms with Crippen molar-refractivity contribution in [2.24, 2.45) is 20.5 Å². The minimum Gasteiger partial charge on any atom is -0.505 e. The minimum atomic E-state index is -5.08. The van der Waals surface area contributed by atoms with Crippen molar-refractivity contribution >= 4 is 77.2 Å². The van der Waals surface area contributed by atoms with Crippen LogP contribution in [-0.4, -0.2) is 82.4 Å². The van der Waals surface area contributed by atoms with Gasteiger partial charge < -0.3 is 14.9 Å². The lowest BCUT2D eigenvalue weighted by Gasteiger charge is -2.08. The standard InChI is InChI=1S/C23H24N4O18S5/c1-39-22-5-3-14(48(32,33)8-6-40-46-44-42-30)10-19(22)27-26-18-12-17(20(28)13-21(18)29)25-24-16-4-2-15(11-23(16)50(36,37)38)49(34,35)9-7-41-47-45-43-31/h2-5,10-13,28-31H,6-9H2,1H3,(H,36,37,38). The molecule has 0 bridgehead atoms. The van der Waals surface area contributed by atoms with Crippen molar-refractivity contribution in [3.63, 3.8) is 0 Å². The summed E-state index contributed by atoms with van der Waals surface area (Å²) in [4.78, 5) is -1.73. The maximum absolute atomic E-state index is 12.7. The summed E-state index contributed by atoms with van der Waals surface area (Å²) < 4.78 is 107. The van der Waals surface area contributed by atoms with Crippen molar-refractivity contribution in [3.05, 3.63) is 48.5 Å². The molecule has 0 aliphatic rings. The lowest BCUT2D eigenvalue weighted by Crippen LogP contribution is -2.12. The highest BCUT2D eigenvalue weighted by atomic mass is 32.2. The molecule has 3 rings (SSSR count). The van der Waals surface area contributed by atoms with Crippen molar-refractivity contribution in [2.45, 2.75) is 14.7 Å². The number of hydrogen-bond donors (Lipinski definition) is 5. The van der Waals surface area contributed by atoms with Gasteiger partial charge in [-0.1, -0.05) is 10.1 Å². The number of ether oxygens (including phenoxy) is 1. The van der Waals surface area contributed by atoms with Gasteiger partial charge >= 0.3 is 0 Å². The smallest absolute Gasteiger partial charge is 0.296 e. The van der Waals surface area contributed by atoms with E-state index >= 15 is 0 Å². The van der Waals surface area contributed by atoms with E-state index in [1.807, 2.05) is 0 Å². The lowest BCUT2D eigenvalue weighted by atomic mass is 10.2. The van der Waals surface area contributed by atoms with Crippen LogP contribution in [0.2, 0.25) is 0 Å². The summed E-state index contributed by atoms with van der Waals surface area (Å²) in [5.74, 6) is -2.42. The summed E-state index contributed by atoms with van der Waals surface area (Å²) in [6, 6.07) is 7.88. The number of phenols is 2. The van der Waals surface area contributed by atoms with Gasteiger partial charge in [0.25, 0.3) is 10.1 Å². The van der Waals surface area contributed by atoms with E-state index in [2.05, 4.69) is 39.2 Å². The van der Waals surface area contributed by atoms with Crippen LogP contribution in [0.5, 0.6) is 17.2 Å². The highest BCUT2D eigenvalue weighted by molar-refractivity contribution is 7.92. The van der Waals surface area contributed by atoms with Crippen molar-refractivity contribution < 1.29 is 82.4 Å². The number of rotatable bonds is 20. The predicted molar refractivity (Wildman–Crippen MR) is 168 cm³/mol. The number of hydrogen-bond acceptors (Lipinski definition) is 23. The Bertz CT molecular complexity index is 2030. The van der Waals surface area contributed by atoms with Crippen molar-refractivity contribution in [2.75, 3.05) is 31.8 Å². The second-order valence-corrected chi connectivity index (χ2v) is 15.5. The highest BCUT2D eigenvalue weighted by Crippen LogP contribution is 2.41. The number of aromatic hydroxyl groups is 2. The van der Waals surface area contributed by atoms with E-state index in [9.17, 15) is 40.0 Å². The van der Waals surface area contributed by atoms with Crippen LogP contribution in [0.15, 0.2) is 83.7 Å². The molecule has 0 radical (unpaired) electrons.